The van der Waals surface area contributed by atoms with Gasteiger partial charge in [-0.1, -0.05) is 24.4 Å². The minimum Gasteiger partial charge on any atom is -0.393 e. The Hall–Kier alpha value is -1.75. The lowest BCUT2D eigenvalue weighted by Crippen LogP contribution is -2.23. The number of nitrogens with two attached hydrogens (primary N) is 1. The minimum atomic E-state index is -0.130. The highest BCUT2D eigenvalue weighted by atomic mass is 32.1. The zero-order valence-electron chi connectivity index (χ0n) is 8.59. The summed E-state index contributed by atoms with van der Waals surface area (Å²) in [6, 6.07) is 7.49. The molecule has 0 aliphatic rings. The first-order valence-electron chi connectivity index (χ1n) is 4.91. The molecule has 5 heteroatoms. The fraction of sp³-hybridized carbons (Fsp3) is 0.182. The van der Waals surface area contributed by atoms with Crippen LogP contribution in [0.25, 0.3) is 11.0 Å². The van der Waals surface area contributed by atoms with Crippen molar-refractivity contribution in [1.29, 1.82) is 0 Å². The number of nitrogens with zero attached hydrogens (tertiary/aromatic N) is 2. The summed E-state index contributed by atoms with van der Waals surface area (Å²) < 4.78 is 1.64. The van der Waals surface area contributed by atoms with Crippen LogP contribution >= 0.6 is 12.2 Å². The summed E-state index contributed by atoms with van der Waals surface area (Å²) >= 11 is 4.81. The zero-order chi connectivity index (χ0) is 11.5. The lowest BCUT2D eigenvalue weighted by Gasteiger charge is -2.08. The van der Waals surface area contributed by atoms with Crippen LogP contribution in [-0.2, 0) is 6.54 Å². The standard InChI is InChI=1S/C11H11N3OS/c12-10(16)5-6-14-9-4-2-1-3-8(9)13-7-11(14)15/h1-4,7H,5-6H2,(H2,12,16). The van der Waals surface area contributed by atoms with Crippen LogP contribution in [0, 0.1) is 0 Å². The lowest BCUT2D eigenvalue weighted by atomic mass is 10.3. The molecule has 0 bridgehead atoms. The van der Waals surface area contributed by atoms with Crippen LogP contribution in [0.5, 0.6) is 0 Å². The maximum Gasteiger partial charge on any atom is 0.269 e. The molecule has 0 atom stereocenters. The number of rotatable bonds is 3. The predicted molar refractivity (Wildman–Crippen MR) is 67.4 cm³/mol. The molecular weight excluding hydrogens is 222 g/mol. The molecular formula is C11H11N3OS. The molecule has 1 heterocycles. The third-order valence-electron chi connectivity index (χ3n) is 2.33. The van der Waals surface area contributed by atoms with E-state index in [1.54, 1.807) is 4.57 Å². The van der Waals surface area contributed by atoms with E-state index < -0.39 is 0 Å². The van der Waals surface area contributed by atoms with E-state index in [0.29, 0.717) is 18.0 Å². The highest BCUT2D eigenvalue weighted by Crippen LogP contribution is 2.08. The molecule has 0 saturated heterocycles. The first-order chi connectivity index (χ1) is 7.68. The largest absolute Gasteiger partial charge is 0.393 e. The molecule has 0 aliphatic carbocycles. The van der Waals surface area contributed by atoms with Gasteiger partial charge in [0.2, 0.25) is 0 Å². The predicted octanol–water partition coefficient (Wildman–Crippen LogP) is 1.07. The first kappa shape index (κ1) is 10.8. The van der Waals surface area contributed by atoms with Gasteiger partial charge in [0.15, 0.2) is 0 Å². The van der Waals surface area contributed by atoms with Crippen LogP contribution < -0.4 is 11.3 Å². The summed E-state index contributed by atoms with van der Waals surface area (Å²) in [5.74, 6) is 0. The molecule has 0 aliphatic heterocycles. The molecule has 1 aromatic carbocycles. The van der Waals surface area contributed by atoms with Crippen LogP contribution in [0.3, 0.4) is 0 Å². The van der Waals surface area contributed by atoms with Crippen molar-refractivity contribution < 1.29 is 0 Å². The molecule has 0 radical (unpaired) electrons. The molecule has 2 N–H and O–H groups in total. The van der Waals surface area contributed by atoms with Crippen molar-refractivity contribution in [3.05, 3.63) is 40.8 Å². The van der Waals surface area contributed by atoms with Crippen LogP contribution in [0.15, 0.2) is 35.3 Å². The van der Waals surface area contributed by atoms with Crippen LogP contribution in [0.2, 0.25) is 0 Å². The zero-order valence-corrected chi connectivity index (χ0v) is 9.41. The van der Waals surface area contributed by atoms with Gasteiger partial charge in [-0.05, 0) is 12.1 Å². The van der Waals surface area contributed by atoms with E-state index in [1.807, 2.05) is 24.3 Å². The van der Waals surface area contributed by atoms with Gasteiger partial charge in [0.1, 0.15) is 0 Å². The van der Waals surface area contributed by atoms with Gasteiger partial charge in [-0.3, -0.25) is 4.79 Å². The number of aryl methyl sites for hydroxylation is 1. The quantitative estimate of drug-likeness (QED) is 0.806. The molecule has 2 rings (SSSR count). The Morgan fingerprint density at radius 1 is 1.44 bits per heavy atom. The number of thiocarbonyl (C=S) groups is 1. The smallest absolute Gasteiger partial charge is 0.269 e. The van der Waals surface area contributed by atoms with Gasteiger partial charge in [-0.25, -0.2) is 4.98 Å². The number of aromatic nitrogens is 2. The average molecular weight is 233 g/mol. The molecule has 0 spiro atoms. The van der Waals surface area contributed by atoms with E-state index >= 15 is 0 Å². The van der Waals surface area contributed by atoms with Crippen molar-refractivity contribution in [2.75, 3.05) is 0 Å². The molecule has 0 unspecified atom stereocenters. The lowest BCUT2D eigenvalue weighted by molar-refractivity contribution is 0.719. The summed E-state index contributed by atoms with van der Waals surface area (Å²) in [6.45, 7) is 0.497. The Morgan fingerprint density at radius 2 is 2.19 bits per heavy atom. The van der Waals surface area contributed by atoms with Gasteiger partial charge in [-0.15, -0.1) is 0 Å². The fourth-order valence-electron chi connectivity index (χ4n) is 1.57. The van der Waals surface area contributed by atoms with Crippen molar-refractivity contribution in [2.45, 2.75) is 13.0 Å². The van der Waals surface area contributed by atoms with E-state index in [1.165, 1.54) is 6.20 Å². The molecule has 82 valence electrons. The maximum absolute atomic E-state index is 11.7. The Bertz CT molecular complexity index is 591. The van der Waals surface area contributed by atoms with Gasteiger partial charge in [0.25, 0.3) is 5.56 Å². The highest BCUT2D eigenvalue weighted by Gasteiger charge is 2.03. The molecule has 1 aromatic heterocycles. The van der Waals surface area contributed by atoms with Crippen molar-refractivity contribution in [3.8, 4) is 0 Å². The summed E-state index contributed by atoms with van der Waals surface area (Å²) in [6.07, 6.45) is 1.84. The molecule has 0 fully saturated rings. The summed E-state index contributed by atoms with van der Waals surface area (Å²) in [5, 5.41) is 0. The number of hydrogen-bond acceptors (Lipinski definition) is 3. The summed E-state index contributed by atoms with van der Waals surface area (Å²) in [4.78, 5) is 16.1. The average Bonchev–Trinajstić information content (AvgIpc) is 2.27. The summed E-state index contributed by atoms with van der Waals surface area (Å²) in [5.41, 5.74) is 6.91. The monoisotopic (exact) mass is 233 g/mol. The van der Waals surface area contributed by atoms with Crippen molar-refractivity contribution in [3.63, 3.8) is 0 Å². The summed E-state index contributed by atoms with van der Waals surface area (Å²) in [7, 11) is 0. The number of para-hydroxylation sites is 2. The van der Waals surface area contributed by atoms with Gasteiger partial charge in [0.05, 0.1) is 22.2 Å². The van der Waals surface area contributed by atoms with E-state index in [0.717, 1.165) is 11.0 Å². The van der Waals surface area contributed by atoms with E-state index in [2.05, 4.69) is 4.98 Å². The molecule has 2 aromatic rings. The van der Waals surface area contributed by atoms with E-state index in [9.17, 15) is 4.79 Å². The SMILES string of the molecule is NC(=S)CCn1c(=O)cnc2ccccc21. The topological polar surface area (TPSA) is 60.9 Å². The van der Waals surface area contributed by atoms with E-state index in [4.69, 9.17) is 18.0 Å². The third kappa shape index (κ3) is 2.09. The Morgan fingerprint density at radius 3 is 2.94 bits per heavy atom. The van der Waals surface area contributed by atoms with Gasteiger partial charge >= 0.3 is 0 Å². The van der Waals surface area contributed by atoms with Gasteiger partial charge in [0, 0.05) is 13.0 Å². The molecule has 0 amide bonds. The van der Waals surface area contributed by atoms with Gasteiger partial charge in [-0.2, -0.15) is 0 Å². The Balaban J connectivity index is 2.53. The third-order valence-corrected chi connectivity index (χ3v) is 2.54. The molecule has 4 nitrogen and oxygen atoms in total. The Labute approximate surface area is 97.7 Å². The molecule has 16 heavy (non-hydrogen) atoms. The van der Waals surface area contributed by atoms with Crippen molar-refractivity contribution in [2.24, 2.45) is 5.73 Å². The fourth-order valence-corrected chi connectivity index (χ4v) is 1.66. The van der Waals surface area contributed by atoms with Crippen LogP contribution in [0.1, 0.15) is 6.42 Å². The van der Waals surface area contributed by atoms with Crippen LogP contribution in [0.4, 0.5) is 0 Å². The second kappa shape index (κ2) is 4.40. The van der Waals surface area contributed by atoms with Crippen molar-refractivity contribution in [1.82, 2.24) is 9.55 Å². The second-order valence-corrected chi connectivity index (χ2v) is 3.98. The second-order valence-electron chi connectivity index (χ2n) is 3.45. The number of fused-ring (bicyclic) bond motifs is 1. The van der Waals surface area contributed by atoms with Gasteiger partial charge < -0.3 is 10.3 Å². The van der Waals surface area contributed by atoms with Crippen molar-refractivity contribution >= 4 is 28.2 Å². The highest BCUT2D eigenvalue weighted by molar-refractivity contribution is 7.80. The number of hydrogen-bond donors (Lipinski definition) is 1. The normalized spacial score (nSPS) is 10.5. The van der Waals surface area contributed by atoms with E-state index in [-0.39, 0.29) is 5.56 Å². The number of benzene rings is 1. The minimum absolute atomic E-state index is 0.130. The first-order valence-corrected chi connectivity index (χ1v) is 5.32. The Kier molecular flexibility index (Phi) is 2.96. The van der Waals surface area contributed by atoms with Crippen LogP contribution in [-0.4, -0.2) is 14.5 Å². The maximum atomic E-state index is 11.7. The molecule has 0 saturated carbocycles.